The largest absolute Gasteiger partial charge is 0.488 e. The predicted molar refractivity (Wildman–Crippen MR) is 66.9 cm³/mol. The Hall–Kier alpha value is -1.02. The van der Waals surface area contributed by atoms with Gasteiger partial charge in [0.1, 0.15) is 11.9 Å². The molecule has 0 saturated carbocycles. The zero-order valence-electron chi connectivity index (χ0n) is 10.4. The Morgan fingerprint density at radius 1 is 1.31 bits per heavy atom. The number of ether oxygens (including phenoxy) is 1. The van der Waals surface area contributed by atoms with Gasteiger partial charge in [0.25, 0.3) is 0 Å². The van der Waals surface area contributed by atoms with Gasteiger partial charge in [0.2, 0.25) is 0 Å². The third-order valence-corrected chi connectivity index (χ3v) is 3.15. The maximum absolute atomic E-state index is 5.84. The summed E-state index contributed by atoms with van der Waals surface area (Å²) in [4.78, 5) is 0. The molecule has 2 nitrogen and oxygen atoms in total. The highest BCUT2D eigenvalue weighted by Gasteiger charge is 2.30. The summed E-state index contributed by atoms with van der Waals surface area (Å²) in [6, 6.07) is 6.96. The molecule has 0 aliphatic carbocycles. The molecule has 1 N–H and O–H groups in total. The van der Waals surface area contributed by atoms with Crippen LogP contribution in [0, 0.1) is 0 Å². The molecule has 0 aromatic heterocycles. The summed E-state index contributed by atoms with van der Waals surface area (Å²) >= 11 is 0. The molecule has 0 fully saturated rings. The monoisotopic (exact) mass is 219 g/mol. The number of fused-ring (bicyclic) bond motifs is 1. The quantitative estimate of drug-likeness (QED) is 0.840. The topological polar surface area (TPSA) is 21.3 Å². The number of aryl methyl sites for hydroxylation is 1. The van der Waals surface area contributed by atoms with Gasteiger partial charge in [-0.3, -0.25) is 0 Å². The molecule has 1 aromatic carbocycles. The fraction of sp³-hybridized carbons (Fsp3) is 0.571. The van der Waals surface area contributed by atoms with Crippen LogP contribution in [-0.2, 0) is 6.42 Å². The summed E-state index contributed by atoms with van der Waals surface area (Å²) in [6.07, 6.45) is 2.59. The number of nitrogens with one attached hydrogen (secondary N) is 1. The number of hydrogen-bond donors (Lipinski definition) is 1. The second-order valence-corrected chi connectivity index (χ2v) is 4.48. The summed E-state index contributed by atoms with van der Waals surface area (Å²) in [5.41, 5.74) is 2.75. The fourth-order valence-electron chi connectivity index (χ4n) is 2.41. The van der Waals surface area contributed by atoms with Crippen LogP contribution in [0.25, 0.3) is 0 Å². The minimum Gasteiger partial charge on any atom is -0.488 e. The van der Waals surface area contributed by atoms with E-state index in [1.165, 1.54) is 17.5 Å². The number of likely N-dealkylation sites (N-methyl/N-ethyl adjacent to an activating group) is 1. The molecular formula is C14H21NO. The molecule has 2 heteroatoms. The van der Waals surface area contributed by atoms with Gasteiger partial charge < -0.3 is 10.1 Å². The second-order valence-electron chi connectivity index (χ2n) is 4.48. The van der Waals surface area contributed by atoms with Crippen LogP contribution in [0.3, 0.4) is 0 Å². The van der Waals surface area contributed by atoms with Crippen LogP contribution >= 0.6 is 0 Å². The lowest BCUT2D eigenvalue weighted by Crippen LogP contribution is -2.28. The van der Waals surface area contributed by atoms with Crippen molar-refractivity contribution in [2.24, 2.45) is 0 Å². The summed E-state index contributed by atoms with van der Waals surface area (Å²) in [5.74, 6) is 1.05. The highest BCUT2D eigenvalue weighted by Crippen LogP contribution is 2.37. The summed E-state index contributed by atoms with van der Waals surface area (Å²) < 4.78 is 5.84. The Balaban J connectivity index is 2.27. The van der Waals surface area contributed by atoms with Gasteiger partial charge in [0, 0.05) is 5.56 Å². The fourth-order valence-corrected chi connectivity index (χ4v) is 2.41. The van der Waals surface area contributed by atoms with Gasteiger partial charge in [-0.2, -0.15) is 0 Å². The van der Waals surface area contributed by atoms with Gasteiger partial charge >= 0.3 is 0 Å². The molecule has 0 saturated heterocycles. The van der Waals surface area contributed by atoms with Gasteiger partial charge in [-0.15, -0.1) is 0 Å². The van der Waals surface area contributed by atoms with Crippen LogP contribution < -0.4 is 10.1 Å². The standard InChI is InChI=1S/C14H21NO/c1-4-6-11-7-8-13-12(9-11)14(15-5-2)10(3)16-13/h7-10,14-15H,4-6H2,1-3H3. The van der Waals surface area contributed by atoms with E-state index in [1.807, 2.05) is 0 Å². The van der Waals surface area contributed by atoms with Crippen molar-refractivity contribution < 1.29 is 4.74 Å². The van der Waals surface area contributed by atoms with Crippen molar-refractivity contribution in [1.29, 1.82) is 0 Å². The molecule has 2 atom stereocenters. The van der Waals surface area contributed by atoms with Gasteiger partial charge in [0.15, 0.2) is 0 Å². The molecule has 1 heterocycles. The van der Waals surface area contributed by atoms with E-state index < -0.39 is 0 Å². The highest BCUT2D eigenvalue weighted by atomic mass is 16.5. The molecule has 0 radical (unpaired) electrons. The average molecular weight is 219 g/mol. The Bertz CT molecular complexity index is 362. The first-order valence-electron chi connectivity index (χ1n) is 6.29. The molecule has 1 aliphatic heterocycles. The molecule has 1 aromatic rings. The third-order valence-electron chi connectivity index (χ3n) is 3.15. The van der Waals surface area contributed by atoms with E-state index in [4.69, 9.17) is 4.74 Å². The Labute approximate surface area is 98.0 Å². The molecule has 2 unspecified atom stereocenters. The molecule has 16 heavy (non-hydrogen) atoms. The average Bonchev–Trinajstić information content (AvgIpc) is 2.57. The molecule has 88 valence electrons. The van der Waals surface area contributed by atoms with E-state index in [0.717, 1.165) is 18.7 Å². The van der Waals surface area contributed by atoms with Crippen LogP contribution in [0.5, 0.6) is 5.75 Å². The maximum Gasteiger partial charge on any atom is 0.124 e. The predicted octanol–water partition coefficient (Wildman–Crippen LogP) is 3.07. The van der Waals surface area contributed by atoms with Gasteiger partial charge in [0.05, 0.1) is 6.04 Å². The van der Waals surface area contributed by atoms with Crippen LogP contribution in [0.15, 0.2) is 18.2 Å². The summed E-state index contributed by atoms with van der Waals surface area (Å²) in [7, 11) is 0. The first-order valence-corrected chi connectivity index (χ1v) is 6.29. The summed E-state index contributed by atoms with van der Waals surface area (Å²) in [6.45, 7) is 7.47. The number of benzene rings is 1. The molecule has 0 amide bonds. The minimum atomic E-state index is 0.242. The van der Waals surface area contributed by atoms with Crippen molar-refractivity contribution in [2.75, 3.05) is 6.54 Å². The lowest BCUT2D eigenvalue weighted by atomic mass is 10.00. The van der Waals surface area contributed by atoms with Gasteiger partial charge in [-0.25, -0.2) is 0 Å². The van der Waals surface area contributed by atoms with Crippen LogP contribution in [-0.4, -0.2) is 12.6 Å². The maximum atomic E-state index is 5.84. The normalized spacial score (nSPS) is 22.9. The Kier molecular flexibility index (Phi) is 3.49. The van der Waals surface area contributed by atoms with E-state index in [-0.39, 0.29) is 6.10 Å². The van der Waals surface area contributed by atoms with Crippen molar-refractivity contribution in [2.45, 2.75) is 45.8 Å². The van der Waals surface area contributed by atoms with Crippen molar-refractivity contribution in [1.82, 2.24) is 5.32 Å². The zero-order chi connectivity index (χ0) is 11.5. The SMILES string of the molecule is CCCc1ccc2c(c1)C(NCC)C(C)O2. The van der Waals surface area contributed by atoms with Crippen molar-refractivity contribution in [3.05, 3.63) is 29.3 Å². The first-order chi connectivity index (χ1) is 7.76. The van der Waals surface area contributed by atoms with Crippen LogP contribution in [0.4, 0.5) is 0 Å². The third kappa shape index (κ3) is 2.07. The van der Waals surface area contributed by atoms with E-state index >= 15 is 0 Å². The van der Waals surface area contributed by atoms with Crippen LogP contribution in [0.2, 0.25) is 0 Å². The van der Waals surface area contributed by atoms with E-state index in [9.17, 15) is 0 Å². The highest BCUT2D eigenvalue weighted by molar-refractivity contribution is 5.43. The smallest absolute Gasteiger partial charge is 0.124 e. The van der Waals surface area contributed by atoms with E-state index in [0.29, 0.717) is 6.04 Å². The van der Waals surface area contributed by atoms with Crippen molar-refractivity contribution in [3.63, 3.8) is 0 Å². The van der Waals surface area contributed by atoms with Gasteiger partial charge in [-0.1, -0.05) is 32.4 Å². The zero-order valence-corrected chi connectivity index (χ0v) is 10.4. The number of hydrogen-bond acceptors (Lipinski definition) is 2. The first kappa shape index (κ1) is 11.5. The lowest BCUT2D eigenvalue weighted by Gasteiger charge is -2.15. The van der Waals surface area contributed by atoms with E-state index in [2.05, 4.69) is 44.3 Å². The van der Waals surface area contributed by atoms with Crippen molar-refractivity contribution in [3.8, 4) is 5.75 Å². The van der Waals surface area contributed by atoms with Gasteiger partial charge in [-0.05, 0) is 31.5 Å². The van der Waals surface area contributed by atoms with Crippen molar-refractivity contribution >= 4 is 0 Å². The Morgan fingerprint density at radius 3 is 2.81 bits per heavy atom. The molecule has 0 spiro atoms. The lowest BCUT2D eigenvalue weighted by molar-refractivity contribution is 0.211. The van der Waals surface area contributed by atoms with Crippen LogP contribution in [0.1, 0.15) is 44.4 Å². The molecular weight excluding hydrogens is 198 g/mol. The molecule has 0 bridgehead atoms. The molecule has 1 aliphatic rings. The number of rotatable bonds is 4. The second kappa shape index (κ2) is 4.88. The minimum absolute atomic E-state index is 0.242. The summed E-state index contributed by atoms with van der Waals surface area (Å²) in [5, 5.41) is 3.49. The molecule has 2 rings (SSSR count). The Morgan fingerprint density at radius 2 is 2.12 bits per heavy atom. The van der Waals surface area contributed by atoms with E-state index in [1.54, 1.807) is 0 Å².